The highest BCUT2D eigenvalue weighted by atomic mass is 16.5. The van der Waals surface area contributed by atoms with Crippen molar-refractivity contribution in [2.45, 2.75) is 52.6 Å². The highest BCUT2D eigenvalue weighted by Gasteiger charge is 2.11. The summed E-state index contributed by atoms with van der Waals surface area (Å²) >= 11 is 0. The Morgan fingerprint density at radius 1 is 1.08 bits per heavy atom. The minimum Gasteiger partial charge on any atom is -0.507 e. The van der Waals surface area contributed by atoms with Crippen LogP contribution in [0.3, 0.4) is 0 Å². The number of para-hydroxylation sites is 1. The first-order valence-corrected chi connectivity index (χ1v) is 12.4. The van der Waals surface area contributed by atoms with Gasteiger partial charge in [-0.25, -0.2) is 4.68 Å². The standard InChI is InChI=1S/C28H36N4O4/c1-4-31(20-22-11-7-8-12-27(22)36-3)17-9-5-6-10-18-32-28(35)16-14-25(30-32)24-19-23(29-21(2)33)13-15-26(24)34/h7-8,11-16,19,34H,4-6,9-10,17-18,20H2,1-3H3,(H,29,33). The molecule has 2 aromatic carbocycles. The van der Waals surface area contributed by atoms with Gasteiger partial charge in [-0.2, -0.15) is 5.10 Å². The van der Waals surface area contributed by atoms with Crippen LogP contribution in [0.2, 0.25) is 0 Å². The Kier molecular flexibility index (Phi) is 10.1. The number of aromatic hydroxyl groups is 1. The number of unbranched alkanes of at least 4 members (excludes halogenated alkanes) is 3. The fraction of sp³-hybridized carbons (Fsp3) is 0.393. The number of benzene rings is 2. The van der Waals surface area contributed by atoms with E-state index in [4.69, 9.17) is 4.74 Å². The highest BCUT2D eigenvalue weighted by molar-refractivity contribution is 5.90. The second-order valence-corrected chi connectivity index (χ2v) is 8.79. The molecule has 0 radical (unpaired) electrons. The number of hydrogen-bond acceptors (Lipinski definition) is 6. The Morgan fingerprint density at radius 2 is 1.86 bits per heavy atom. The van der Waals surface area contributed by atoms with Crippen LogP contribution >= 0.6 is 0 Å². The van der Waals surface area contributed by atoms with Crippen LogP contribution in [0.4, 0.5) is 5.69 Å². The fourth-order valence-corrected chi connectivity index (χ4v) is 4.15. The first kappa shape index (κ1) is 26.9. The SMILES string of the molecule is CCN(CCCCCCn1nc(-c2cc(NC(C)=O)ccc2O)ccc1=O)Cc1ccccc1OC. The summed E-state index contributed by atoms with van der Waals surface area (Å²) in [5.41, 5.74) is 2.52. The van der Waals surface area contributed by atoms with Crippen molar-refractivity contribution >= 4 is 11.6 Å². The predicted molar refractivity (Wildman–Crippen MR) is 142 cm³/mol. The molecular formula is C28H36N4O4. The number of amides is 1. The maximum Gasteiger partial charge on any atom is 0.266 e. The molecule has 192 valence electrons. The number of nitrogens with zero attached hydrogens (tertiary/aromatic N) is 3. The van der Waals surface area contributed by atoms with Gasteiger partial charge in [-0.1, -0.05) is 38.0 Å². The zero-order valence-electron chi connectivity index (χ0n) is 21.4. The summed E-state index contributed by atoms with van der Waals surface area (Å²) in [7, 11) is 1.70. The highest BCUT2D eigenvalue weighted by Crippen LogP contribution is 2.30. The molecule has 8 nitrogen and oxygen atoms in total. The van der Waals surface area contributed by atoms with Crippen molar-refractivity contribution in [3.05, 3.63) is 70.5 Å². The molecule has 1 aromatic heterocycles. The van der Waals surface area contributed by atoms with Crippen LogP contribution in [0.15, 0.2) is 59.4 Å². The molecule has 0 bridgehead atoms. The molecule has 0 saturated carbocycles. The summed E-state index contributed by atoms with van der Waals surface area (Å²) < 4.78 is 6.92. The van der Waals surface area contributed by atoms with Gasteiger partial charge in [0, 0.05) is 42.9 Å². The van der Waals surface area contributed by atoms with Crippen LogP contribution in [-0.2, 0) is 17.9 Å². The zero-order valence-corrected chi connectivity index (χ0v) is 21.4. The van der Waals surface area contributed by atoms with E-state index in [1.165, 1.54) is 29.3 Å². The van der Waals surface area contributed by atoms with Crippen molar-refractivity contribution in [3.63, 3.8) is 0 Å². The molecule has 0 atom stereocenters. The maximum absolute atomic E-state index is 12.3. The van der Waals surface area contributed by atoms with Crippen LogP contribution in [0.5, 0.6) is 11.5 Å². The lowest BCUT2D eigenvalue weighted by molar-refractivity contribution is -0.114. The monoisotopic (exact) mass is 492 g/mol. The Labute approximate surface area is 212 Å². The van der Waals surface area contributed by atoms with Crippen molar-refractivity contribution in [2.24, 2.45) is 0 Å². The number of carbonyl (C=O) groups is 1. The van der Waals surface area contributed by atoms with Gasteiger partial charge in [-0.3, -0.25) is 14.5 Å². The number of aryl methyl sites for hydroxylation is 1. The number of rotatable bonds is 13. The van der Waals surface area contributed by atoms with Gasteiger partial charge >= 0.3 is 0 Å². The molecular weight excluding hydrogens is 456 g/mol. The van der Waals surface area contributed by atoms with E-state index in [2.05, 4.69) is 28.3 Å². The van der Waals surface area contributed by atoms with Crippen molar-refractivity contribution in [3.8, 4) is 22.8 Å². The van der Waals surface area contributed by atoms with Gasteiger partial charge in [0.1, 0.15) is 11.5 Å². The van der Waals surface area contributed by atoms with E-state index in [1.54, 1.807) is 25.3 Å². The maximum atomic E-state index is 12.3. The molecule has 36 heavy (non-hydrogen) atoms. The van der Waals surface area contributed by atoms with Gasteiger partial charge in [-0.15, -0.1) is 0 Å². The van der Waals surface area contributed by atoms with Crippen molar-refractivity contribution in [2.75, 3.05) is 25.5 Å². The van der Waals surface area contributed by atoms with Crippen LogP contribution < -0.4 is 15.6 Å². The zero-order chi connectivity index (χ0) is 25.9. The number of phenolic OH excluding ortho intramolecular Hbond substituents is 1. The Morgan fingerprint density at radius 3 is 2.61 bits per heavy atom. The van der Waals surface area contributed by atoms with Gasteiger partial charge in [0.05, 0.1) is 12.8 Å². The van der Waals surface area contributed by atoms with Gasteiger partial charge in [-0.05, 0) is 56.3 Å². The lowest BCUT2D eigenvalue weighted by Gasteiger charge is -2.21. The number of methoxy groups -OCH3 is 1. The largest absolute Gasteiger partial charge is 0.507 e. The molecule has 3 aromatic rings. The third-order valence-corrected chi connectivity index (χ3v) is 6.09. The summed E-state index contributed by atoms with van der Waals surface area (Å²) in [5.74, 6) is 0.758. The first-order valence-electron chi connectivity index (χ1n) is 12.4. The molecule has 2 N–H and O–H groups in total. The third kappa shape index (κ3) is 7.68. The van der Waals surface area contributed by atoms with Gasteiger partial charge < -0.3 is 15.2 Å². The lowest BCUT2D eigenvalue weighted by Crippen LogP contribution is -2.24. The van der Waals surface area contributed by atoms with Crippen molar-refractivity contribution in [1.82, 2.24) is 14.7 Å². The first-order chi connectivity index (χ1) is 17.4. The molecule has 0 fully saturated rings. The molecule has 0 spiro atoms. The number of nitrogens with one attached hydrogen (secondary N) is 1. The third-order valence-electron chi connectivity index (χ3n) is 6.09. The van der Waals surface area contributed by atoms with Crippen LogP contribution in [0.1, 0.15) is 45.1 Å². The minimum atomic E-state index is -0.202. The normalized spacial score (nSPS) is 11.0. The smallest absolute Gasteiger partial charge is 0.266 e. The van der Waals surface area contributed by atoms with Crippen molar-refractivity contribution < 1.29 is 14.6 Å². The molecule has 8 heteroatoms. The van der Waals surface area contributed by atoms with E-state index in [-0.39, 0.29) is 17.2 Å². The number of hydrogen-bond donors (Lipinski definition) is 2. The molecule has 0 aliphatic heterocycles. The van der Waals surface area contributed by atoms with Crippen molar-refractivity contribution in [1.29, 1.82) is 0 Å². The summed E-state index contributed by atoms with van der Waals surface area (Å²) in [6.45, 7) is 6.95. The van der Waals surface area contributed by atoms with Gasteiger partial charge in [0.25, 0.3) is 5.56 Å². The minimum absolute atomic E-state index is 0.0374. The van der Waals surface area contributed by atoms with E-state index in [1.807, 2.05) is 18.2 Å². The number of aromatic nitrogens is 2. The van der Waals surface area contributed by atoms with Crippen LogP contribution in [0.25, 0.3) is 11.3 Å². The summed E-state index contributed by atoms with van der Waals surface area (Å²) in [4.78, 5) is 26.1. The van der Waals surface area contributed by atoms with Gasteiger partial charge in [0.2, 0.25) is 5.91 Å². The average Bonchev–Trinajstić information content (AvgIpc) is 2.87. The van der Waals surface area contributed by atoms with E-state index >= 15 is 0 Å². The second-order valence-electron chi connectivity index (χ2n) is 8.79. The molecule has 0 saturated heterocycles. The number of phenols is 1. The lowest BCUT2D eigenvalue weighted by atomic mass is 10.1. The Hall–Kier alpha value is -3.65. The fourth-order valence-electron chi connectivity index (χ4n) is 4.15. The number of ether oxygens (including phenoxy) is 1. The Balaban J connectivity index is 1.51. The quantitative estimate of drug-likeness (QED) is 0.266. The van der Waals surface area contributed by atoms with E-state index in [0.29, 0.717) is 23.5 Å². The second kappa shape index (κ2) is 13.4. The topological polar surface area (TPSA) is 96.7 Å². The van der Waals surface area contributed by atoms with E-state index < -0.39 is 0 Å². The van der Waals surface area contributed by atoms with Gasteiger partial charge in [0.15, 0.2) is 0 Å². The number of carbonyl (C=O) groups excluding carboxylic acids is 1. The predicted octanol–water partition coefficient (Wildman–Crippen LogP) is 4.67. The molecule has 3 rings (SSSR count). The number of anilines is 1. The molecule has 0 unspecified atom stereocenters. The molecule has 0 aliphatic rings. The molecule has 1 amide bonds. The average molecular weight is 493 g/mol. The van der Waals surface area contributed by atoms with Crippen LogP contribution in [0, 0.1) is 0 Å². The van der Waals surface area contributed by atoms with E-state index in [0.717, 1.165) is 51.1 Å². The van der Waals surface area contributed by atoms with Crippen LogP contribution in [-0.4, -0.2) is 45.9 Å². The van der Waals surface area contributed by atoms with E-state index in [9.17, 15) is 14.7 Å². The summed E-state index contributed by atoms with van der Waals surface area (Å²) in [6, 6.07) is 16.0. The summed E-state index contributed by atoms with van der Waals surface area (Å²) in [5, 5.41) is 17.4. The summed E-state index contributed by atoms with van der Waals surface area (Å²) in [6.07, 6.45) is 3.98. The molecule has 1 heterocycles. The Bertz CT molecular complexity index is 1210. The molecule has 0 aliphatic carbocycles.